The van der Waals surface area contributed by atoms with Crippen molar-refractivity contribution in [3.63, 3.8) is 0 Å². The van der Waals surface area contributed by atoms with Crippen LogP contribution < -0.4 is 5.32 Å². The first-order valence-corrected chi connectivity index (χ1v) is 7.85. The third-order valence-electron chi connectivity index (χ3n) is 3.38. The molecule has 25 heavy (non-hydrogen) atoms. The second-order valence-electron chi connectivity index (χ2n) is 5.38. The molecule has 1 amide bonds. The van der Waals surface area contributed by atoms with Gasteiger partial charge in [-0.05, 0) is 55.0 Å². The quantitative estimate of drug-likeness (QED) is 0.616. The van der Waals surface area contributed by atoms with Crippen LogP contribution in [0.4, 0.5) is 10.1 Å². The van der Waals surface area contributed by atoms with Crippen LogP contribution in [0.3, 0.4) is 0 Å². The maximum atomic E-state index is 12.8. The van der Waals surface area contributed by atoms with Gasteiger partial charge < -0.3 is 10.1 Å². The molecule has 1 N–H and O–H groups in total. The molecule has 0 atom stereocenters. The molecule has 0 radical (unpaired) electrons. The average molecular weight is 343 g/mol. The predicted octanol–water partition coefficient (Wildman–Crippen LogP) is 3.60. The van der Waals surface area contributed by atoms with E-state index in [-0.39, 0.29) is 17.3 Å². The van der Waals surface area contributed by atoms with Crippen LogP contribution in [-0.4, -0.2) is 24.3 Å². The van der Waals surface area contributed by atoms with Gasteiger partial charge in [0.15, 0.2) is 12.4 Å². The molecule has 0 unspecified atom stereocenters. The molecule has 6 heteroatoms. The number of carbonyl (C=O) groups is 3. The number of ketones is 1. The molecule has 2 aromatic rings. The Labute approximate surface area is 144 Å². The topological polar surface area (TPSA) is 72.5 Å². The normalized spacial score (nSPS) is 10.2. The fourth-order valence-corrected chi connectivity index (χ4v) is 2.07. The van der Waals surface area contributed by atoms with E-state index in [1.807, 2.05) is 6.92 Å². The summed E-state index contributed by atoms with van der Waals surface area (Å²) in [5, 5.41) is 2.72. The highest BCUT2D eigenvalue weighted by atomic mass is 19.1. The summed E-state index contributed by atoms with van der Waals surface area (Å²) in [7, 11) is 0. The van der Waals surface area contributed by atoms with E-state index in [9.17, 15) is 18.8 Å². The molecule has 0 fully saturated rings. The van der Waals surface area contributed by atoms with Crippen molar-refractivity contribution in [2.24, 2.45) is 0 Å². The van der Waals surface area contributed by atoms with Gasteiger partial charge in [-0.3, -0.25) is 9.59 Å². The Kier molecular flexibility index (Phi) is 6.39. The molecule has 0 aliphatic carbocycles. The molecule has 0 saturated heterocycles. The summed E-state index contributed by atoms with van der Waals surface area (Å²) in [5.41, 5.74) is 1.13. The number of anilines is 1. The summed E-state index contributed by atoms with van der Waals surface area (Å²) in [5.74, 6) is -1.62. The van der Waals surface area contributed by atoms with Crippen molar-refractivity contribution in [2.75, 3.05) is 11.9 Å². The first-order chi connectivity index (χ1) is 12.0. The van der Waals surface area contributed by atoms with Crippen LogP contribution in [0, 0.1) is 5.82 Å². The van der Waals surface area contributed by atoms with Crippen LogP contribution in [0.15, 0.2) is 48.5 Å². The second kappa shape index (κ2) is 8.73. The molecule has 0 aromatic heterocycles. The van der Waals surface area contributed by atoms with Crippen molar-refractivity contribution in [1.82, 2.24) is 0 Å². The van der Waals surface area contributed by atoms with Crippen LogP contribution in [0.2, 0.25) is 0 Å². The van der Waals surface area contributed by atoms with E-state index in [1.165, 1.54) is 12.1 Å². The van der Waals surface area contributed by atoms with Crippen LogP contribution in [-0.2, 0) is 9.53 Å². The maximum absolute atomic E-state index is 12.8. The number of nitrogens with one attached hydrogen (secondary N) is 1. The van der Waals surface area contributed by atoms with Gasteiger partial charge >= 0.3 is 5.97 Å². The number of rotatable bonds is 7. The summed E-state index contributed by atoms with van der Waals surface area (Å²) >= 11 is 0. The zero-order valence-corrected chi connectivity index (χ0v) is 13.8. The molecule has 0 saturated carbocycles. The number of halogens is 1. The molecular formula is C19H18FNO4. The minimum absolute atomic E-state index is 0.0881. The lowest BCUT2D eigenvalue weighted by Gasteiger charge is -2.07. The van der Waals surface area contributed by atoms with E-state index in [1.54, 1.807) is 24.3 Å². The van der Waals surface area contributed by atoms with E-state index in [0.29, 0.717) is 17.7 Å². The fourth-order valence-electron chi connectivity index (χ4n) is 2.07. The minimum atomic E-state index is -0.697. The Balaban J connectivity index is 1.89. The van der Waals surface area contributed by atoms with Gasteiger partial charge in [0.25, 0.3) is 0 Å². The van der Waals surface area contributed by atoms with Gasteiger partial charge in [0.2, 0.25) is 5.91 Å². The first-order valence-electron chi connectivity index (χ1n) is 7.85. The van der Waals surface area contributed by atoms with Gasteiger partial charge in [0.05, 0.1) is 5.56 Å². The smallest absolute Gasteiger partial charge is 0.338 e. The summed E-state index contributed by atoms with van der Waals surface area (Å²) in [6, 6.07) is 11.2. The van der Waals surface area contributed by atoms with E-state index in [0.717, 1.165) is 18.6 Å². The second-order valence-corrected chi connectivity index (χ2v) is 5.38. The molecule has 2 aromatic carbocycles. The van der Waals surface area contributed by atoms with Crippen molar-refractivity contribution in [3.05, 3.63) is 65.5 Å². The zero-order chi connectivity index (χ0) is 18.2. The van der Waals surface area contributed by atoms with Crippen molar-refractivity contribution in [2.45, 2.75) is 19.8 Å². The van der Waals surface area contributed by atoms with E-state index < -0.39 is 18.4 Å². The Morgan fingerprint density at radius 3 is 2.16 bits per heavy atom. The molecule has 2 rings (SSSR count). The zero-order valence-electron chi connectivity index (χ0n) is 13.8. The van der Waals surface area contributed by atoms with Gasteiger partial charge in [-0.1, -0.05) is 6.92 Å². The fraction of sp³-hybridized carbons (Fsp3) is 0.211. The number of hydrogen-bond donors (Lipinski definition) is 1. The van der Waals surface area contributed by atoms with Crippen molar-refractivity contribution < 1.29 is 23.5 Å². The number of ether oxygens (including phenoxy) is 1. The van der Waals surface area contributed by atoms with Gasteiger partial charge in [0, 0.05) is 17.7 Å². The lowest BCUT2D eigenvalue weighted by atomic mass is 10.1. The summed E-state index contributed by atoms with van der Waals surface area (Å²) in [4.78, 5) is 35.3. The van der Waals surface area contributed by atoms with Crippen molar-refractivity contribution in [3.8, 4) is 0 Å². The third-order valence-corrected chi connectivity index (χ3v) is 3.38. The van der Waals surface area contributed by atoms with Crippen molar-refractivity contribution in [1.29, 1.82) is 0 Å². The summed E-state index contributed by atoms with van der Waals surface area (Å²) < 4.78 is 17.7. The van der Waals surface area contributed by atoms with Gasteiger partial charge in [-0.15, -0.1) is 0 Å². The Hall–Kier alpha value is -3.02. The monoisotopic (exact) mass is 343 g/mol. The number of hydrogen-bond acceptors (Lipinski definition) is 4. The minimum Gasteiger partial charge on any atom is -0.454 e. The summed E-state index contributed by atoms with van der Waals surface area (Å²) in [6.45, 7) is 1.49. The molecular weight excluding hydrogens is 325 g/mol. The Morgan fingerprint density at radius 1 is 0.960 bits per heavy atom. The highest BCUT2D eigenvalue weighted by molar-refractivity contribution is 6.00. The number of benzene rings is 2. The van der Waals surface area contributed by atoms with E-state index in [4.69, 9.17) is 4.74 Å². The van der Waals surface area contributed by atoms with Gasteiger partial charge in [0.1, 0.15) is 5.82 Å². The largest absolute Gasteiger partial charge is 0.454 e. The average Bonchev–Trinajstić information content (AvgIpc) is 2.61. The van der Waals surface area contributed by atoms with Crippen LogP contribution in [0.5, 0.6) is 0 Å². The number of amides is 1. The lowest BCUT2D eigenvalue weighted by molar-refractivity contribution is -0.116. The standard InChI is InChI=1S/C19H18FNO4/c1-2-3-18(23)21-16-10-6-13(7-11-16)17(22)12-25-19(24)14-4-8-15(20)9-5-14/h4-11H,2-3,12H2,1H3,(H,21,23). The summed E-state index contributed by atoms with van der Waals surface area (Å²) in [6.07, 6.45) is 1.18. The highest BCUT2D eigenvalue weighted by Crippen LogP contribution is 2.12. The highest BCUT2D eigenvalue weighted by Gasteiger charge is 2.12. The molecule has 0 spiro atoms. The van der Waals surface area contributed by atoms with Crippen LogP contribution in [0.1, 0.15) is 40.5 Å². The van der Waals surface area contributed by atoms with Crippen LogP contribution in [0.25, 0.3) is 0 Å². The molecule has 5 nitrogen and oxygen atoms in total. The first kappa shape index (κ1) is 18.3. The molecule has 0 bridgehead atoms. The third kappa shape index (κ3) is 5.53. The van der Waals surface area contributed by atoms with Crippen molar-refractivity contribution >= 4 is 23.3 Å². The maximum Gasteiger partial charge on any atom is 0.338 e. The SMILES string of the molecule is CCCC(=O)Nc1ccc(C(=O)COC(=O)c2ccc(F)cc2)cc1. The molecule has 0 heterocycles. The van der Waals surface area contributed by atoms with E-state index >= 15 is 0 Å². The van der Waals surface area contributed by atoms with Gasteiger partial charge in [-0.25, -0.2) is 9.18 Å². The predicted molar refractivity (Wildman–Crippen MR) is 91.0 cm³/mol. The van der Waals surface area contributed by atoms with Crippen LogP contribution >= 0.6 is 0 Å². The Morgan fingerprint density at radius 2 is 1.56 bits per heavy atom. The molecule has 0 aliphatic heterocycles. The number of carbonyl (C=O) groups excluding carboxylic acids is 3. The van der Waals surface area contributed by atoms with Gasteiger partial charge in [-0.2, -0.15) is 0 Å². The molecule has 130 valence electrons. The molecule has 0 aliphatic rings. The number of esters is 1. The number of Topliss-reactive ketones (excluding diaryl/α,β-unsaturated/α-hetero) is 1. The van der Waals surface area contributed by atoms with E-state index in [2.05, 4.69) is 5.32 Å². The Bertz CT molecular complexity index is 754. The lowest BCUT2D eigenvalue weighted by Crippen LogP contribution is -2.14.